The quantitative estimate of drug-likeness (QED) is 0.785. The number of amides is 1. The van der Waals surface area contributed by atoms with E-state index in [1.807, 2.05) is 20.8 Å². The van der Waals surface area contributed by atoms with E-state index in [-0.39, 0.29) is 6.04 Å². The van der Waals surface area contributed by atoms with Gasteiger partial charge in [0.1, 0.15) is 11.4 Å². The van der Waals surface area contributed by atoms with Crippen molar-refractivity contribution in [1.29, 1.82) is 0 Å². The van der Waals surface area contributed by atoms with E-state index in [1.54, 1.807) is 17.5 Å². The lowest BCUT2D eigenvalue weighted by Crippen LogP contribution is -2.28. The summed E-state index contributed by atoms with van der Waals surface area (Å²) >= 11 is 1.68. The van der Waals surface area contributed by atoms with Gasteiger partial charge in [-0.3, -0.25) is 10.4 Å². The Labute approximate surface area is 134 Å². The highest BCUT2D eigenvalue weighted by Crippen LogP contribution is 2.18. The molecule has 0 aliphatic heterocycles. The van der Waals surface area contributed by atoms with E-state index in [9.17, 15) is 4.79 Å². The largest absolute Gasteiger partial charge is 0.444 e. The molecule has 0 aliphatic rings. The van der Waals surface area contributed by atoms with Crippen LogP contribution in [0.15, 0.2) is 23.0 Å². The molecule has 3 N–H and O–H groups in total. The maximum atomic E-state index is 11.8. The van der Waals surface area contributed by atoms with E-state index in [2.05, 4.69) is 44.6 Å². The molecule has 2 rings (SSSR count). The fourth-order valence-electron chi connectivity index (χ4n) is 1.86. The normalized spacial score (nSPS) is 12.9. The summed E-state index contributed by atoms with van der Waals surface area (Å²) in [5, 5.41) is 17.0. The zero-order valence-corrected chi connectivity index (χ0v) is 14.1. The van der Waals surface area contributed by atoms with Crippen molar-refractivity contribution >= 4 is 23.2 Å². The number of anilines is 1. The Morgan fingerprint density at radius 2 is 2.27 bits per heavy atom. The van der Waals surface area contributed by atoms with Crippen molar-refractivity contribution in [3.8, 4) is 0 Å². The summed E-state index contributed by atoms with van der Waals surface area (Å²) in [4.78, 5) is 11.8. The molecule has 0 spiro atoms. The summed E-state index contributed by atoms with van der Waals surface area (Å²) in [5.41, 5.74) is 1.60. The maximum Gasteiger partial charge on any atom is 0.413 e. The Balaban J connectivity index is 1.91. The molecule has 1 unspecified atom stereocenters. The van der Waals surface area contributed by atoms with E-state index >= 15 is 0 Å². The van der Waals surface area contributed by atoms with Crippen LogP contribution in [0.1, 0.15) is 44.9 Å². The van der Waals surface area contributed by atoms with Crippen LogP contribution in [0.5, 0.6) is 0 Å². The minimum Gasteiger partial charge on any atom is -0.444 e. The van der Waals surface area contributed by atoms with Gasteiger partial charge in [0, 0.05) is 18.2 Å². The smallest absolute Gasteiger partial charge is 0.413 e. The van der Waals surface area contributed by atoms with Crippen molar-refractivity contribution in [2.75, 3.05) is 5.32 Å². The molecule has 0 radical (unpaired) electrons. The van der Waals surface area contributed by atoms with Crippen molar-refractivity contribution in [1.82, 2.24) is 15.5 Å². The summed E-state index contributed by atoms with van der Waals surface area (Å²) in [6, 6.07) is 2.33. The van der Waals surface area contributed by atoms with E-state index in [4.69, 9.17) is 4.74 Å². The van der Waals surface area contributed by atoms with Gasteiger partial charge in [0.15, 0.2) is 0 Å². The van der Waals surface area contributed by atoms with Crippen molar-refractivity contribution in [2.24, 2.45) is 0 Å². The minimum atomic E-state index is -0.532. The predicted octanol–water partition coefficient (Wildman–Crippen LogP) is 3.67. The standard InChI is InChI=1S/C15H22N4O2S/c1-10(11-5-6-22-9-11)16-7-12-8-17-19-13(12)18-14(20)21-15(2,3)4/h5-6,8-10,16H,7H2,1-4H3,(H2,17,18,19,20). The van der Waals surface area contributed by atoms with Crippen LogP contribution < -0.4 is 10.6 Å². The number of ether oxygens (including phenoxy) is 1. The number of hydrogen-bond acceptors (Lipinski definition) is 5. The molecule has 0 fully saturated rings. The highest BCUT2D eigenvalue weighted by atomic mass is 32.1. The fourth-order valence-corrected chi connectivity index (χ4v) is 2.62. The summed E-state index contributed by atoms with van der Waals surface area (Å²) in [7, 11) is 0. The van der Waals surface area contributed by atoms with Crippen LogP contribution in [-0.4, -0.2) is 21.9 Å². The Kier molecular flexibility index (Phi) is 5.20. The number of carbonyl (C=O) groups excluding carboxylic acids is 1. The van der Waals surface area contributed by atoms with Crippen LogP contribution >= 0.6 is 11.3 Å². The van der Waals surface area contributed by atoms with Crippen molar-refractivity contribution in [3.05, 3.63) is 34.2 Å². The molecular formula is C15H22N4O2S. The number of carbonyl (C=O) groups is 1. The Morgan fingerprint density at radius 1 is 1.50 bits per heavy atom. The zero-order chi connectivity index (χ0) is 16.2. The van der Waals surface area contributed by atoms with Crippen LogP contribution in [-0.2, 0) is 11.3 Å². The van der Waals surface area contributed by atoms with Gasteiger partial charge in [-0.05, 0) is 50.1 Å². The lowest BCUT2D eigenvalue weighted by atomic mass is 10.2. The molecule has 6 nitrogen and oxygen atoms in total. The third-order valence-corrected chi connectivity index (χ3v) is 3.69. The molecule has 0 aliphatic carbocycles. The van der Waals surface area contributed by atoms with Gasteiger partial charge in [0.05, 0.1) is 6.20 Å². The first kappa shape index (κ1) is 16.5. The number of hydrogen-bond donors (Lipinski definition) is 3. The zero-order valence-electron chi connectivity index (χ0n) is 13.3. The lowest BCUT2D eigenvalue weighted by Gasteiger charge is -2.19. The molecule has 0 bridgehead atoms. The van der Waals surface area contributed by atoms with Crippen LogP contribution in [0.3, 0.4) is 0 Å². The number of rotatable bonds is 5. The van der Waals surface area contributed by atoms with Crippen LogP contribution in [0, 0.1) is 0 Å². The monoisotopic (exact) mass is 322 g/mol. The maximum absolute atomic E-state index is 11.8. The number of thiophene rings is 1. The van der Waals surface area contributed by atoms with E-state index < -0.39 is 11.7 Å². The van der Waals surface area contributed by atoms with Crippen LogP contribution in [0.2, 0.25) is 0 Å². The topological polar surface area (TPSA) is 79.0 Å². The summed E-state index contributed by atoms with van der Waals surface area (Å²) < 4.78 is 5.23. The second-order valence-corrected chi connectivity index (χ2v) is 6.84. The van der Waals surface area contributed by atoms with Crippen molar-refractivity contribution in [3.63, 3.8) is 0 Å². The first-order valence-electron chi connectivity index (χ1n) is 7.13. The fraction of sp³-hybridized carbons (Fsp3) is 0.467. The third-order valence-electron chi connectivity index (χ3n) is 2.99. The van der Waals surface area contributed by atoms with E-state index in [0.717, 1.165) is 5.56 Å². The van der Waals surface area contributed by atoms with Gasteiger partial charge in [0.2, 0.25) is 0 Å². The number of aromatic amines is 1. The van der Waals surface area contributed by atoms with Gasteiger partial charge in [0.25, 0.3) is 0 Å². The number of aromatic nitrogens is 2. The highest BCUT2D eigenvalue weighted by Gasteiger charge is 2.18. The summed E-state index contributed by atoms with van der Waals surface area (Å²) in [6.07, 6.45) is 1.20. The number of nitrogens with one attached hydrogen (secondary N) is 3. The number of H-pyrrole nitrogens is 1. The minimum absolute atomic E-state index is 0.232. The van der Waals surface area contributed by atoms with Crippen LogP contribution in [0.4, 0.5) is 10.6 Å². The van der Waals surface area contributed by atoms with Gasteiger partial charge in [-0.25, -0.2) is 4.79 Å². The molecule has 1 amide bonds. The van der Waals surface area contributed by atoms with E-state index in [0.29, 0.717) is 12.4 Å². The van der Waals surface area contributed by atoms with E-state index in [1.165, 1.54) is 5.56 Å². The number of nitrogens with zero attached hydrogens (tertiary/aromatic N) is 1. The Hall–Kier alpha value is -1.86. The molecule has 2 heterocycles. The molecule has 0 aromatic carbocycles. The molecule has 1 atom stereocenters. The Morgan fingerprint density at radius 3 is 2.91 bits per heavy atom. The van der Waals surface area contributed by atoms with Gasteiger partial charge in [-0.1, -0.05) is 0 Å². The van der Waals surface area contributed by atoms with Gasteiger partial charge in [-0.15, -0.1) is 0 Å². The second-order valence-electron chi connectivity index (χ2n) is 6.06. The molecule has 0 saturated heterocycles. The molecule has 7 heteroatoms. The van der Waals surface area contributed by atoms with Gasteiger partial charge >= 0.3 is 6.09 Å². The SMILES string of the molecule is CC(NCc1cn[nH]c1NC(=O)OC(C)(C)C)c1ccsc1. The highest BCUT2D eigenvalue weighted by molar-refractivity contribution is 7.07. The Bertz CT molecular complexity index is 601. The average molecular weight is 322 g/mol. The predicted molar refractivity (Wildman–Crippen MR) is 88.0 cm³/mol. The van der Waals surface area contributed by atoms with Crippen molar-refractivity contribution < 1.29 is 9.53 Å². The molecule has 0 saturated carbocycles. The molecule has 2 aromatic rings. The van der Waals surface area contributed by atoms with Gasteiger partial charge < -0.3 is 10.1 Å². The molecule has 22 heavy (non-hydrogen) atoms. The molecule has 120 valence electrons. The first-order chi connectivity index (χ1) is 10.3. The second kappa shape index (κ2) is 6.93. The first-order valence-corrected chi connectivity index (χ1v) is 8.07. The summed E-state index contributed by atoms with van der Waals surface area (Å²) in [5.74, 6) is 0.555. The average Bonchev–Trinajstić information content (AvgIpc) is 3.04. The third kappa shape index (κ3) is 4.85. The van der Waals surface area contributed by atoms with Crippen LogP contribution in [0.25, 0.3) is 0 Å². The summed E-state index contributed by atoms with van der Waals surface area (Å²) in [6.45, 7) is 8.17. The lowest BCUT2D eigenvalue weighted by molar-refractivity contribution is 0.0635. The van der Waals surface area contributed by atoms with Gasteiger partial charge in [-0.2, -0.15) is 16.4 Å². The van der Waals surface area contributed by atoms with Crippen molar-refractivity contribution in [2.45, 2.75) is 45.9 Å². The molecular weight excluding hydrogens is 300 g/mol. The molecule has 2 aromatic heterocycles.